The molecule has 0 bridgehead atoms. The molecule has 2 unspecified atom stereocenters. The number of likely N-dealkylation sites (tertiary alicyclic amines) is 1. The lowest BCUT2D eigenvalue weighted by Gasteiger charge is -2.32. The van der Waals surface area contributed by atoms with Crippen molar-refractivity contribution in [3.05, 3.63) is 0 Å². The van der Waals surface area contributed by atoms with Gasteiger partial charge < -0.3 is 10.0 Å². The highest BCUT2D eigenvalue weighted by atomic mass is 35.5. The van der Waals surface area contributed by atoms with Gasteiger partial charge in [-0.15, -0.1) is 11.6 Å². The average molecular weight is 164 g/mol. The molecule has 0 aromatic carbocycles. The number of aliphatic hydroxyl groups is 1. The Balaban J connectivity index is 2.38. The van der Waals surface area contributed by atoms with Gasteiger partial charge in [-0.2, -0.15) is 0 Å². The summed E-state index contributed by atoms with van der Waals surface area (Å²) in [4.78, 5) is 2.21. The molecule has 60 valence electrons. The van der Waals surface area contributed by atoms with Gasteiger partial charge in [0.1, 0.15) is 0 Å². The molecule has 0 aromatic heterocycles. The van der Waals surface area contributed by atoms with Gasteiger partial charge in [-0.3, -0.25) is 0 Å². The zero-order valence-electron chi connectivity index (χ0n) is 6.26. The predicted octanol–water partition coefficient (Wildman–Crippen LogP) is 0.538. The Kier molecular flexibility index (Phi) is 2.96. The van der Waals surface area contributed by atoms with Crippen molar-refractivity contribution in [3.63, 3.8) is 0 Å². The van der Waals surface area contributed by atoms with Gasteiger partial charge in [-0.25, -0.2) is 0 Å². The lowest BCUT2D eigenvalue weighted by molar-refractivity contribution is 0.142. The number of halogens is 1. The SMILES string of the molecule is CN1CCC(Cl)C(CO)C1. The van der Waals surface area contributed by atoms with Crippen molar-refractivity contribution >= 4 is 11.6 Å². The molecule has 1 aliphatic heterocycles. The molecule has 0 amide bonds. The molecule has 0 aliphatic carbocycles. The second-order valence-electron chi connectivity index (χ2n) is 3.01. The molecule has 0 aromatic rings. The summed E-state index contributed by atoms with van der Waals surface area (Å²) < 4.78 is 0. The molecule has 1 rings (SSSR count). The van der Waals surface area contributed by atoms with Crippen LogP contribution in [0.15, 0.2) is 0 Å². The minimum atomic E-state index is 0.182. The van der Waals surface area contributed by atoms with Gasteiger partial charge in [0.2, 0.25) is 0 Å². The summed E-state index contributed by atoms with van der Waals surface area (Å²) in [5.74, 6) is 0.278. The van der Waals surface area contributed by atoms with E-state index in [-0.39, 0.29) is 17.9 Å². The second kappa shape index (κ2) is 3.56. The van der Waals surface area contributed by atoms with Crippen LogP contribution in [-0.4, -0.2) is 42.1 Å². The summed E-state index contributed by atoms with van der Waals surface area (Å²) in [5, 5.41) is 9.05. The van der Waals surface area contributed by atoms with E-state index in [1.165, 1.54) is 0 Å². The molecule has 1 saturated heterocycles. The van der Waals surface area contributed by atoms with Gasteiger partial charge in [0.05, 0.1) is 0 Å². The Morgan fingerprint density at radius 2 is 2.40 bits per heavy atom. The van der Waals surface area contributed by atoms with E-state index in [1.54, 1.807) is 0 Å². The summed E-state index contributed by atoms with van der Waals surface area (Å²) in [5.41, 5.74) is 0. The standard InChI is InChI=1S/C7H14ClNO/c1-9-3-2-7(8)6(4-9)5-10/h6-7,10H,2-5H2,1H3. The summed E-state index contributed by atoms with van der Waals surface area (Å²) in [7, 11) is 2.06. The quantitative estimate of drug-likeness (QED) is 0.571. The van der Waals surface area contributed by atoms with Crippen LogP contribution in [0.25, 0.3) is 0 Å². The van der Waals surface area contributed by atoms with E-state index in [1.807, 2.05) is 0 Å². The maximum atomic E-state index is 8.87. The second-order valence-corrected chi connectivity index (χ2v) is 3.57. The van der Waals surface area contributed by atoms with Crippen LogP contribution < -0.4 is 0 Å². The van der Waals surface area contributed by atoms with E-state index < -0.39 is 0 Å². The Labute approximate surface area is 66.8 Å². The van der Waals surface area contributed by atoms with E-state index in [2.05, 4.69) is 11.9 Å². The average Bonchev–Trinajstić information content (AvgIpc) is 1.94. The van der Waals surface area contributed by atoms with Crippen LogP contribution in [0.2, 0.25) is 0 Å². The van der Waals surface area contributed by atoms with Crippen molar-refractivity contribution in [1.82, 2.24) is 4.90 Å². The van der Waals surface area contributed by atoms with Crippen LogP contribution in [0, 0.1) is 5.92 Å². The fraction of sp³-hybridized carbons (Fsp3) is 1.00. The molecule has 0 radical (unpaired) electrons. The molecule has 0 spiro atoms. The Hall–Kier alpha value is 0.210. The molecule has 1 heterocycles. The summed E-state index contributed by atoms with van der Waals surface area (Å²) in [6.45, 7) is 2.22. The molecule has 3 heteroatoms. The maximum absolute atomic E-state index is 8.87. The number of nitrogens with zero attached hydrogens (tertiary/aromatic N) is 1. The van der Waals surface area contributed by atoms with Crippen molar-refractivity contribution in [3.8, 4) is 0 Å². The maximum Gasteiger partial charge on any atom is 0.0485 e. The zero-order chi connectivity index (χ0) is 7.56. The van der Waals surface area contributed by atoms with Gasteiger partial charge in [-0.1, -0.05) is 0 Å². The number of aliphatic hydroxyl groups excluding tert-OH is 1. The summed E-state index contributed by atoms with van der Waals surface area (Å²) in [6, 6.07) is 0. The van der Waals surface area contributed by atoms with Crippen LogP contribution in [-0.2, 0) is 0 Å². The van der Waals surface area contributed by atoms with Crippen molar-refractivity contribution in [2.24, 2.45) is 5.92 Å². The molecule has 1 aliphatic rings. The normalized spacial score (nSPS) is 36.3. The largest absolute Gasteiger partial charge is 0.396 e. The minimum absolute atomic E-state index is 0.182. The third-order valence-corrected chi connectivity index (χ3v) is 2.65. The minimum Gasteiger partial charge on any atom is -0.396 e. The van der Waals surface area contributed by atoms with Gasteiger partial charge in [-0.05, 0) is 20.0 Å². The molecular formula is C7H14ClNO. The molecule has 2 atom stereocenters. The van der Waals surface area contributed by atoms with Gasteiger partial charge in [0, 0.05) is 24.4 Å². The number of rotatable bonds is 1. The smallest absolute Gasteiger partial charge is 0.0485 e. The Bertz CT molecular complexity index is 110. The first kappa shape index (κ1) is 8.31. The Morgan fingerprint density at radius 3 is 2.90 bits per heavy atom. The van der Waals surface area contributed by atoms with E-state index in [4.69, 9.17) is 16.7 Å². The van der Waals surface area contributed by atoms with Gasteiger partial charge in [0.15, 0.2) is 0 Å². The van der Waals surface area contributed by atoms with E-state index in [9.17, 15) is 0 Å². The predicted molar refractivity (Wildman–Crippen MR) is 42.3 cm³/mol. The molecule has 1 fully saturated rings. The Morgan fingerprint density at radius 1 is 1.70 bits per heavy atom. The first-order valence-electron chi connectivity index (χ1n) is 3.67. The van der Waals surface area contributed by atoms with Crippen molar-refractivity contribution in [1.29, 1.82) is 0 Å². The zero-order valence-corrected chi connectivity index (χ0v) is 7.01. The molecule has 0 saturated carbocycles. The van der Waals surface area contributed by atoms with Crippen LogP contribution in [0.3, 0.4) is 0 Å². The van der Waals surface area contributed by atoms with Crippen molar-refractivity contribution < 1.29 is 5.11 Å². The highest BCUT2D eigenvalue weighted by molar-refractivity contribution is 6.20. The summed E-state index contributed by atoms with van der Waals surface area (Å²) >= 11 is 5.96. The first-order chi connectivity index (χ1) is 4.74. The number of alkyl halides is 1. The van der Waals surface area contributed by atoms with E-state index >= 15 is 0 Å². The first-order valence-corrected chi connectivity index (χ1v) is 4.11. The molecule has 2 nitrogen and oxygen atoms in total. The third-order valence-electron chi connectivity index (χ3n) is 2.08. The van der Waals surface area contributed by atoms with Crippen LogP contribution in [0.5, 0.6) is 0 Å². The van der Waals surface area contributed by atoms with E-state index in [0.717, 1.165) is 19.5 Å². The topological polar surface area (TPSA) is 23.5 Å². The fourth-order valence-electron chi connectivity index (χ4n) is 1.36. The highest BCUT2D eigenvalue weighted by Gasteiger charge is 2.24. The van der Waals surface area contributed by atoms with Gasteiger partial charge >= 0.3 is 0 Å². The molecular weight excluding hydrogens is 150 g/mol. The lowest BCUT2D eigenvalue weighted by Crippen LogP contribution is -2.40. The molecule has 1 N–H and O–H groups in total. The fourth-order valence-corrected chi connectivity index (χ4v) is 1.61. The monoisotopic (exact) mass is 163 g/mol. The highest BCUT2D eigenvalue weighted by Crippen LogP contribution is 2.20. The van der Waals surface area contributed by atoms with Crippen molar-refractivity contribution in [2.75, 3.05) is 26.7 Å². The van der Waals surface area contributed by atoms with E-state index in [0.29, 0.717) is 0 Å². The number of hydrogen-bond donors (Lipinski definition) is 1. The number of piperidine rings is 1. The van der Waals surface area contributed by atoms with Gasteiger partial charge in [0.25, 0.3) is 0 Å². The van der Waals surface area contributed by atoms with Crippen molar-refractivity contribution in [2.45, 2.75) is 11.8 Å². The van der Waals surface area contributed by atoms with Crippen LogP contribution >= 0.6 is 11.6 Å². The van der Waals surface area contributed by atoms with Crippen LogP contribution in [0.1, 0.15) is 6.42 Å². The molecule has 10 heavy (non-hydrogen) atoms. The van der Waals surface area contributed by atoms with Crippen LogP contribution in [0.4, 0.5) is 0 Å². The lowest BCUT2D eigenvalue weighted by atomic mass is 9.99. The number of hydrogen-bond acceptors (Lipinski definition) is 2. The third kappa shape index (κ3) is 1.84. The summed E-state index contributed by atoms with van der Waals surface area (Å²) in [6.07, 6.45) is 1.00.